The van der Waals surface area contributed by atoms with Crippen LogP contribution in [0.5, 0.6) is 0 Å². The van der Waals surface area contributed by atoms with Crippen molar-refractivity contribution in [1.29, 1.82) is 0 Å². The molecule has 0 aliphatic carbocycles. The summed E-state index contributed by atoms with van der Waals surface area (Å²) in [6.07, 6.45) is 3.58. The van der Waals surface area contributed by atoms with E-state index in [0.29, 0.717) is 10.0 Å². The second-order valence-corrected chi connectivity index (χ2v) is 4.73. The van der Waals surface area contributed by atoms with Crippen LogP contribution in [0.2, 0.25) is 10.0 Å². The van der Waals surface area contributed by atoms with Gasteiger partial charge in [-0.2, -0.15) is 0 Å². The third kappa shape index (κ3) is 2.83. The topological polar surface area (TPSA) is 24.9 Å². The maximum Gasteiger partial charge on any atom is 0.0621 e. The fourth-order valence-electron chi connectivity index (χ4n) is 1.92. The van der Waals surface area contributed by atoms with Crippen LogP contribution in [-0.2, 0) is 0 Å². The van der Waals surface area contributed by atoms with Gasteiger partial charge in [0.15, 0.2) is 0 Å². The SMILES string of the molecule is CCNC(c1cccnc1)c1c(Cl)cccc1Cl. The molecule has 0 spiro atoms. The maximum absolute atomic E-state index is 6.27. The van der Waals surface area contributed by atoms with Crippen LogP contribution in [0.25, 0.3) is 0 Å². The Morgan fingerprint density at radius 1 is 1.17 bits per heavy atom. The van der Waals surface area contributed by atoms with Crippen LogP contribution in [-0.4, -0.2) is 11.5 Å². The lowest BCUT2D eigenvalue weighted by atomic mass is 10.00. The molecule has 0 aliphatic rings. The van der Waals surface area contributed by atoms with Gasteiger partial charge >= 0.3 is 0 Å². The molecule has 1 heterocycles. The summed E-state index contributed by atoms with van der Waals surface area (Å²) in [5.74, 6) is 0. The van der Waals surface area contributed by atoms with E-state index in [1.54, 1.807) is 6.20 Å². The van der Waals surface area contributed by atoms with Crippen LogP contribution in [0, 0.1) is 0 Å². The summed E-state index contributed by atoms with van der Waals surface area (Å²) in [6, 6.07) is 9.43. The van der Waals surface area contributed by atoms with Crippen LogP contribution in [0.1, 0.15) is 24.1 Å². The first kappa shape index (κ1) is 13.3. The minimum Gasteiger partial charge on any atom is -0.306 e. The van der Waals surface area contributed by atoms with Gasteiger partial charge in [-0.3, -0.25) is 4.98 Å². The summed E-state index contributed by atoms with van der Waals surface area (Å²) < 4.78 is 0. The summed E-state index contributed by atoms with van der Waals surface area (Å²) in [4.78, 5) is 4.15. The normalized spacial score (nSPS) is 12.4. The third-order valence-corrected chi connectivity index (χ3v) is 3.37. The number of halogens is 2. The van der Waals surface area contributed by atoms with Crippen molar-refractivity contribution < 1.29 is 0 Å². The zero-order valence-electron chi connectivity index (χ0n) is 10.0. The summed E-state index contributed by atoms with van der Waals surface area (Å²) in [6.45, 7) is 2.87. The standard InChI is InChI=1S/C14H14Cl2N2/c1-2-18-14(10-5-4-8-17-9-10)13-11(15)6-3-7-12(13)16/h3-9,14,18H,2H2,1H3. The molecule has 0 amide bonds. The van der Waals surface area contributed by atoms with Gasteiger partial charge in [0.2, 0.25) is 0 Å². The van der Waals surface area contributed by atoms with Crippen LogP contribution in [0.4, 0.5) is 0 Å². The minimum absolute atomic E-state index is 0.0371. The van der Waals surface area contributed by atoms with E-state index in [0.717, 1.165) is 17.7 Å². The minimum atomic E-state index is -0.0371. The van der Waals surface area contributed by atoms with Crippen molar-refractivity contribution in [3.05, 3.63) is 63.9 Å². The van der Waals surface area contributed by atoms with Crippen molar-refractivity contribution in [2.24, 2.45) is 0 Å². The first-order chi connectivity index (χ1) is 8.74. The quantitative estimate of drug-likeness (QED) is 0.913. The summed E-state index contributed by atoms with van der Waals surface area (Å²) in [5.41, 5.74) is 1.95. The van der Waals surface area contributed by atoms with E-state index in [1.807, 2.05) is 43.5 Å². The highest BCUT2D eigenvalue weighted by molar-refractivity contribution is 6.36. The molecule has 2 rings (SSSR count). The number of hydrogen-bond acceptors (Lipinski definition) is 2. The van der Waals surface area contributed by atoms with Crippen LogP contribution in [0.3, 0.4) is 0 Å². The number of aromatic nitrogens is 1. The van der Waals surface area contributed by atoms with Crippen molar-refractivity contribution in [3.8, 4) is 0 Å². The fourth-order valence-corrected chi connectivity index (χ4v) is 2.54. The Bertz CT molecular complexity index is 494. The molecule has 94 valence electrons. The molecule has 0 fully saturated rings. The molecule has 1 N–H and O–H groups in total. The Kier molecular flexibility index (Phi) is 4.59. The lowest BCUT2D eigenvalue weighted by molar-refractivity contribution is 0.629. The predicted molar refractivity (Wildman–Crippen MR) is 76.2 cm³/mol. The van der Waals surface area contributed by atoms with Gasteiger partial charge in [0.25, 0.3) is 0 Å². The second kappa shape index (κ2) is 6.19. The van der Waals surface area contributed by atoms with Gasteiger partial charge in [-0.1, -0.05) is 42.3 Å². The Labute approximate surface area is 117 Å². The largest absolute Gasteiger partial charge is 0.306 e. The second-order valence-electron chi connectivity index (χ2n) is 3.91. The van der Waals surface area contributed by atoms with Crippen molar-refractivity contribution in [2.75, 3.05) is 6.54 Å². The molecule has 4 heteroatoms. The molecular weight excluding hydrogens is 267 g/mol. The zero-order chi connectivity index (χ0) is 13.0. The van der Waals surface area contributed by atoms with E-state index in [4.69, 9.17) is 23.2 Å². The number of hydrogen-bond donors (Lipinski definition) is 1. The van der Waals surface area contributed by atoms with Crippen LogP contribution >= 0.6 is 23.2 Å². The lowest BCUT2D eigenvalue weighted by Crippen LogP contribution is -2.22. The molecule has 18 heavy (non-hydrogen) atoms. The van der Waals surface area contributed by atoms with Gasteiger partial charge in [0, 0.05) is 28.0 Å². The van der Waals surface area contributed by atoms with Crippen LogP contribution < -0.4 is 5.32 Å². The summed E-state index contributed by atoms with van der Waals surface area (Å²) in [7, 11) is 0. The Morgan fingerprint density at radius 3 is 2.44 bits per heavy atom. The number of rotatable bonds is 4. The van der Waals surface area contributed by atoms with E-state index in [-0.39, 0.29) is 6.04 Å². The summed E-state index contributed by atoms with van der Waals surface area (Å²) in [5, 5.41) is 4.72. The van der Waals surface area contributed by atoms with Crippen LogP contribution in [0.15, 0.2) is 42.7 Å². The number of nitrogens with one attached hydrogen (secondary N) is 1. The average molecular weight is 281 g/mol. The molecule has 1 atom stereocenters. The van der Waals surface area contributed by atoms with Gasteiger partial charge in [-0.05, 0) is 30.3 Å². The van der Waals surface area contributed by atoms with Gasteiger partial charge in [0.05, 0.1) is 6.04 Å². The van der Waals surface area contributed by atoms with Gasteiger partial charge < -0.3 is 5.32 Å². The van der Waals surface area contributed by atoms with E-state index in [9.17, 15) is 0 Å². The molecule has 0 saturated heterocycles. The molecule has 2 nitrogen and oxygen atoms in total. The molecule has 0 saturated carbocycles. The highest BCUT2D eigenvalue weighted by atomic mass is 35.5. The monoisotopic (exact) mass is 280 g/mol. The molecular formula is C14H14Cl2N2. The van der Waals surface area contributed by atoms with Crippen molar-refractivity contribution in [2.45, 2.75) is 13.0 Å². The van der Waals surface area contributed by atoms with Crippen molar-refractivity contribution in [3.63, 3.8) is 0 Å². The van der Waals surface area contributed by atoms with Gasteiger partial charge in [0.1, 0.15) is 0 Å². The predicted octanol–water partition coefficient (Wildman–Crippen LogP) is 4.09. The lowest BCUT2D eigenvalue weighted by Gasteiger charge is -2.20. The van der Waals surface area contributed by atoms with Gasteiger partial charge in [-0.25, -0.2) is 0 Å². The molecule has 1 unspecified atom stereocenters. The smallest absolute Gasteiger partial charge is 0.0621 e. The number of nitrogens with zero attached hydrogens (tertiary/aromatic N) is 1. The number of pyridine rings is 1. The molecule has 0 bridgehead atoms. The van der Waals surface area contributed by atoms with E-state index in [2.05, 4.69) is 10.3 Å². The van der Waals surface area contributed by atoms with E-state index >= 15 is 0 Å². The molecule has 0 aliphatic heterocycles. The highest BCUT2D eigenvalue weighted by Crippen LogP contribution is 2.33. The fraction of sp³-hybridized carbons (Fsp3) is 0.214. The zero-order valence-corrected chi connectivity index (χ0v) is 11.5. The highest BCUT2D eigenvalue weighted by Gasteiger charge is 2.18. The Hall–Kier alpha value is -1.09. The van der Waals surface area contributed by atoms with E-state index in [1.165, 1.54) is 0 Å². The van der Waals surface area contributed by atoms with Crippen molar-refractivity contribution in [1.82, 2.24) is 10.3 Å². The summed E-state index contributed by atoms with van der Waals surface area (Å²) >= 11 is 12.5. The van der Waals surface area contributed by atoms with E-state index < -0.39 is 0 Å². The first-order valence-corrected chi connectivity index (χ1v) is 6.57. The Balaban J connectivity index is 2.48. The molecule has 1 aromatic heterocycles. The first-order valence-electron chi connectivity index (χ1n) is 5.81. The third-order valence-electron chi connectivity index (χ3n) is 2.71. The molecule has 2 aromatic rings. The number of benzene rings is 1. The van der Waals surface area contributed by atoms with Gasteiger partial charge in [-0.15, -0.1) is 0 Å². The maximum atomic E-state index is 6.27. The molecule has 1 aromatic carbocycles. The molecule has 0 radical (unpaired) electrons. The average Bonchev–Trinajstić information content (AvgIpc) is 2.38. The Morgan fingerprint density at radius 2 is 1.89 bits per heavy atom. The van der Waals surface area contributed by atoms with Crippen molar-refractivity contribution >= 4 is 23.2 Å².